The maximum Gasteiger partial charge on any atom is 0.0574 e. The summed E-state index contributed by atoms with van der Waals surface area (Å²) in [6, 6.07) is 8.12. The van der Waals surface area contributed by atoms with Crippen LogP contribution < -0.4 is 0 Å². The molecule has 1 aliphatic carbocycles. The Morgan fingerprint density at radius 1 is 1.21 bits per heavy atom. The maximum absolute atomic E-state index is 10.3. The number of hydrogen-bond acceptors (Lipinski definition) is 2. The monoisotopic (exact) mass is 281 g/mol. The third kappa shape index (κ3) is 3.95. The van der Waals surface area contributed by atoms with Crippen LogP contribution in [0.5, 0.6) is 0 Å². The molecule has 1 aromatic rings. The van der Waals surface area contributed by atoms with E-state index in [4.69, 9.17) is 11.6 Å². The first-order valence-electron chi connectivity index (χ1n) is 7.16. The summed E-state index contributed by atoms with van der Waals surface area (Å²) >= 11 is 5.98. The normalized spacial score (nSPS) is 25.5. The van der Waals surface area contributed by atoms with Crippen molar-refractivity contribution in [3.05, 3.63) is 34.9 Å². The van der Waals surface area contributed by atoms with Crippen LogP contribution in [0.15, 0.2) is 24.3 Å². The van der Waals surface area contributed by atoms with E-state index < -0.39 is 0 Å². The summed E-state index contributed by atoms with van der Waals surface area (Å²) in [5, 5.41) is 11.1. The first-order chi connectivity index (χ1) is 9.08. The SMILES string of the molecule is CN(C)CC(c1ccc(Cl)cc1)[C@H]1CCCC[C@@H]1O. The molecule has 0 amide bonds. The molecule has 0 spiro atoms. The van der Waals surface area contributed by atoms with Crippen molar-refractivity contribution in [1.29, 1.82) is 0 Å². The van der Waals surface area contributed by atoms with Gasteiger partial charge in [-0.2, -0.15) is 0 Å². The number of aliphatic hydroxyl groups excluding tert-OH is 1. The Bertz CT molecular complexity index is 390. The second-order valence-corrected chi connectivity index (χ2v) is 6.37. The lowest BCUT2D eigenvalue weighted by Crippen LogP contribution is -2.35. The second kappa shape index (κ2) is 6.74. The van der Waals surface area contributed by atoms with Crippen LogP contribution in [0.1, 0.15) is 37.2 Å². The van der Waals surface area contributed by atoms with Gasteiger partial charge in [0.2, 0.25) is 0 Å². The van der Waals surface area contributed by atoms with Crippen LogP contribution in [-0.2, 0) is 0 Å². The van der Waals surface area contributed by atoms with Crippen LogP contribution in [0.3, 0.4) is 0 Å². The Morgan fingerprint density at radius 3 is 2.42 bits per heavy atom. The molecular formula is C16H24ClNO. The van der Waals surface area contributed by atoms with Gasteiger partial charge >= 0.3 is 0 Å². The quantitative estimate of drug-likeness (QED) is 0.913. The van der Waals surface area contributed by atoms with E-state index in [1.54, 1.807) is 0 Å². The molecule has 0 heterocycles. The fourth-order valence-electron chi connectivity index (χ4n) is 3.20. The second-order valence-electron chi connectivity index (χ2n) is 5.94. The summed E-state index contributed by atoms with van der Waals surface area (Å²) in [5.41, 5.74) is 1.30. The van der Waals surface area contributed by atoms with Gasteiger partial charge < -0.3 is 10.0 Å². The molecule has 0 saturated heterocycles. The highest BCUT2D eigenvalue weighted by Gasteiger charge is 2.31. The first-order valence-corrected chi connectivity index (χ1v) is 7.54. The zero-order chi connectivity index (χ0) is 13.8. The number of benzene rings is 1. The zero-order valence-corrected chi connectivity index (χ0v) is 12.6. The summed E-state index contributed by atoms with van der Waals surface area (Å²) in [5.74, 6) is 0.764. The Labute approximate surface area is 121 Å². The molecule has 3 heteroatoms. The van der Waals surface area contributed by atoms with Gasteiger partial charge in [0.15, 0.2) is 0 Å². The highest BCUT2D eigenvalue weighted by molar-refractivity contribution is 6.30. The topological polar surface area (TPSA) is 23.5 Å². The molecule has 0 bridgehead atoms. The van der Waals surface area contributed by atoms with E-state index in [9.17, 15) is 5.11 Å². The smallest absolute Gasteiger partial charge is 0.0574 e. The fraction of sp³-hybridized carbons (Fsp3) is 0.625. The van der Waals surface area contributed by atoms with E-state index in [1.807, 2.05) is 12.1 Å². The predicted molar refractivity (Wildman–Crippen MR) is 80.7 cm³/mol. The van der Waals surface area contributed by atoms with Crippen LogP contribution in [-0.4, -0.2) is 36.8 Å². The maximum atomic E-state index is 10.3. The van der Waals surface area contributed by atoms with Crippen molar-refractivity contribution in [3.8, 4) is 0 Å². The Morgan fingerprint density at radius 2 is 1.84 bits per heavy atom. The number of hydrogen-bond donors (Lipinski definition) is 1. The molecule has 1 unspecified atom stereocenters. The molecule has 1 fully saturated rings. The number of aliphatic hydroxyl groups is 1. The van der Waals surface area contributed by atoms with Gasteiger partial charge in [0.05, 0.1) is 6.10 Å². The lowest BCUT2D eigenvalue weighted by atomic mass is 9.75. The number of likely N-dealkylation sites (N-methyl/N-ethyl adjacent to an activating group) is 1. The highest BCUT2D eigenvalue weighted by Crippen LogP contribution is 2.37. The van der Waals surface area contributed by atoms with Crippen LogP contribution in [0.2, 0.25) is 5.02 Å². The van der Waals surface area contributed by atoms with Gasteiger partial charge in [-0.1, -0.05) is 36.6 Å². The van der Waals surface area contributed by atoms with Crippen molar-refractivity contribution in [3.63, 3.8) is 0 Å². The third-order valence-electron chi connectivity index (χ3n) is 4.16. The van der Waals surface area contributed by atoms with E-state index >= 15 is 0 Å². The molecule has 1 saturated carbocycles. The third-order valence-corrected chi connectivity index (χ3v) is 4.41. The molecule has 19 heavy (non-hydrogen) atoms. The van der Waals surface area contributed by atoms with Crippen molar-refractivity contribution < 1.29 is 5.11 Å². The molecule has 3 atom stereocenters. The number of rotatable bonds is 4. The molecule has 1 aliphatic rings. The van der Waals surface area contributed by atoms with Crippen LogP contribution in [0.4, 0.5) is 0 Å². The number of nitrogens with zero attached hydrogens (tertiary/aromatic N) is 1. The predicted octanol–water partition coefficient (Wildman–Crippen LogP) is 3.54. The van der Waals surface area contributed by atoms with E-state index in [0.29, 0.717) is 11.8 Å². The van der Waals surface area contributed by atoms with E-state index in [0.717, 1.165) is 30.8 Å². The lowest BCUT2D eigenvalue weighted by molar-refractivity contribution is 0.0494. The van der Waals surface area contributed by atoms with Gasteiger partial charge in [-0.15, -0.1) is 0 Å². The van der Waals surface area contributed by atoms with Crippen LogP contribution in [0, 0.1) is 5.92 Å². The van der Waals surface area contributed by atoms with Crippen LogP contribution >= 0.6 is 11.6 Å². The molecule has 0 radical (unpaired) electrons. The summed E-state index contributed by atoms with van der Waals surface area (Å²) in [7, 11) is 4.19. The minimum Gasteiger partial charge on any atom is -0.393 e. The van der Waals surface area contributed by atoms with Gasteiger partial charge in [-0.25, -0.2) is 0 Å². The van der Waals surface area contributed by atoms with Crippen molar-refractivity contribution in [2.75, 3.05) is 20.6 Å². The minimum absolute atomic E-state index is 0.158. The Balaban J connectivity index is 2.21. The Kier molecular flexibility index (Phi) is 5.26. The molecule has 1 N–H and O–H groups in total. The van der Waals surface area contributed by atoms with Gasteiger partial charge in [0, 0.05) is 17.5 Å². The molecule has 2 nitrogen and oxygen atoms in total. The molecule has 0 aromatic heterocycles. The van der Waals surface area contributed by atoms with E-state index in [-0.39, 0.29) is 6.10 Å². The molecule has 2 rings (SSSR count). The van der Waals surface area contributed by atoms with E-state index in [2.05, 4.69) is 31.1 Å². The van der Waals surface area contributed by atoms with Crippen molar-refractivity contribution in [2.24, 2.45) is 5.92 Å². The highest BCUT2D eigenvalue weighted by atomic mass is 35.5. The zero-order valence-electron chi connectivity index (χ0n) is 11.8. The molecule has 1 aromatic carbocycles. The average molecular weight is 282 g/mol. The standard InChI is InChI=1S/C16H24ClNO/c1-18(2)11-15(12-7-9-13(17)10-8-12)14-5-3-4-6-16(14)19/h7-10,14-16,19H,3-6,11H2,1-2H3/t14-,15?,16+/m1/s1. The van der Waals surface area contributed by atoms with Gasteiger partial charge in [-0.3, -0.25) is 0 Å². The molecular weight excluding hydrogens is 258 g/mol. The number of halogens is 1. The molecule has 0 aliphatic heterocycles. The molecule has 106 valence electrons. The van der Waals surface area contributed by atoms with E-state index in [1.165, 1.54) is 12.0 Å². The first kappa shape index (κ1) is 14.8. The fourth-order valence-corrected chi connectivity index (χ4v) is 3.33. The van der Waals surface area contributed by atoms with Gasteiger partial charge in [0.1, 0.15) is 0 Å². The van der Waals surface area contributed by atoms with Crippen molar-refractivity contribution in [1.82, 2.24) is 4.90 Å². The van der Waals surface area contributed by atoms with Crippen molar-refractivity contribution in [2.45, 2.75) is 37.7 Å². The lowest BCUT2D eigenvalue weighted by Gasteiger charge is -2.36. The van der Waals surface area contributed by atoms with Gasteiger partial charge in [-0.05, 0) is 50.6 Å². The van der Waals surface area contributed by atoms with Crippen molar-refractivity contribution >= 4 is 11.6 Å². The van der Waals surface area contributed by atoms with Gasteiger partial charge in [0.25, 0.3) is 0 Å². The summed E-state index contributed by atoms with van der Waals surface area (Å²) in [6.07, 6.45) is 4.31. The summed E-state index contributed by atoms with van der Waals surface area (Å²) in [4.78, 5) is 2.21. The Hall–Kier alpha value is -0.570. The van der Waals surface area contributed by atoms with Crippen LogP contribution in [0.25, 0.3) is 0 Å². The largest absolute Gasteiger partial charge is 0.393 e. The minimum atomic E-state index is -0.158. The summed E-state index contributed by atoms with van der Waals surface area (Å²) < 4.78 is 0. The average Bonchev–Trinajstić information content (AvgIpc) is 2.38. The summed E-state index contributed by atoms with van der Waals surface area (Å²) in [6.45, 7) is 0.976.